The zero-order valence-electron chi connectivity index (χ0n) is 12.9. The first-order valence-electron chi connectivity index (χ1n) is 8.19. The molecule has 0 spiro atoms. The molecule has 0 atom stereocenters. The monoisotopic (exact) mass is 261 g/mol. The van der Waals surface area contributed by atoms with Gasteiger partial charge in [0.1, 0.15) is 0 Å². The van der Waals surface area contributed by atoms with E-state index in [0.717, 1.165) is 13.0 Å². The van der Waals surface area contributed by atoms with Gasteiger partial charge in [-0.2, -0.15) is 0 Å². The van der Waals surface area contributed by atoms with E-state index in [1.807, 2.05) is 0 Å². The fraction of sp³-hybridized carbons (Fsp3) is 0.667. The second-order valence-electron chi connectivity index (χ2n) is 5.45. The van der Waals surface area contributed by atoms with Gasteiger partial charge in [0.2, 0.25) is 0 Å². The summed E-state index contributed by atoms with van der Waals surface area (Å²) in [5.41, 5.74) is 2.68. The summed E-state index contributed by atoms with van der Waals surface area (Å²) >= 11 is 0. The van der Waals surface area contributed by atoms with Gasteiger partial charge >= 0.3 is 0 Å². The van der Waals surface area contributed by atoms with Crippen LogP contribution >= 0.6 is 0 Å². The van der Waals surface area contributed by atoms with E-state index in [0.29, 0.717) is 0 Å². The van der Waals surface area contributed by atoms with Gasteiger partial charge < -0.3 is 5.32 Å². The first kappa shape index (κ1) is 16.1. The zero-order valence-corrected chi connectivity index (χ0v) is 12.9. The largest absolute Gasteiger partial charge is 0.385 e. The Morgan fingerprint density at radius 3 is 1.89 bits per heavy atom. The third-order valence-electron chi connectivity index (χ3n) is 3.72. The lowest BCUT2D eigenvalue weighted by Crippen LogP contribution is -2.01. The molecule has 0 aliphatic heterocycles. The van der Waals surface area contributed by atoms with Gasteiger partial charge in [0.05, 0.1) is 0 Å². The number of hydrogen-bond donors (Lipinski definition) is 1. The second-order valence-corrected chi connectivity index (χ2v) is 5.45. The van der Waals surface area contributed by atoms with Gasteiger partial charge in [0, 0.05) is 12.2 Å². The van der Waals surface area contributed by atoms with Crippen molar-refractivity contribution in [3.8, 4) is 0 Å². The van der Waals surface area contributed by atoms with Gasteiger partial charge in [0.25, 0.3) is 0 Å². The number of benzene rings is 1. The first-order chi connectivity index (χ1) is 9.36. The van der Waals surface area contributed by atoms with Crippen LogP contribution in [0.5, 0.6) is 0 Å². The smallest absolute Gasteiger partial charge is 0.0340 e. The molecular formula is C18H31N. The zero-order chi connectivity index (χ0) is 13.8. The molecule has 0 heterocycles. The predicted molar refractivity (Wildman–Crippen MR) is 86.9 cm³/mol. The number of hydrogen-bond acceptors (Lipinski definition) is 1. The summed E-state index contributed by atoms with van der Waals surface area (Å²) in [4.78, 5) is 0. The van der Waals surface area contributed by atoms with Crippen LogP contribution in [0.4, 0.5) is 5.69 Å². The SMILES string of the molecule is CCCCCCCCCCNc1ccc(CC)cc1. The van der Waals surface area contributed by atoms with Crippen LogP contribution in [0.3, 0.4) is 0 Å². The highest BCUT2D eigenvalue weighted by molar-refractivity contribution is 5.44. The highest BCUT2D eigenvalue weighted by atomic mass is 14.9. The fourth-order valence-corrected chi connectivity index (χ4v) is 2.35. The summed E-state index contributed by atoms with van der Waals surface area (Å²) in [6, 6.07) is 8.83. The number of unbranched alkanes of at least 4 members (excludes halogenated alkanes) is 7. The Kier molecular flexibility index (Phi) is 9.22. The fourth-order valence-electron chi connectivity index (χ4n) is 2.35. The van der Waals surface area contributed by atoms with Gasteiger partial charge in [-0.05, 0) is 30.5 Å². The topological polar surface area (TPSA) is 12.0 Å². The molecule has 0 amide bonds. The van der Waals surface area contributed by atoms with Crippen molar-refractivity contribution in [2.75, 3.05) is 11.9 Å². The predicted octanol–water partition coefficient (Wildman–Crippen LogP) is 5.80. The Hall–Kier alpha value is -0.980. The van der Waals surface area contributed by atoms with Crippen LogP contribution in [-0.2, 0) is 6.42 Å². The lowest BCUT2D eigenvalue weighted by atomic mass is 10.1. The second kappa shape index (κ2) is 10.9. The third-order valence-corrected chi connectivity index (χ3v) is 3.72. The van der Waals surface area contributed by atoms with Crippen molar-refractivity contribution in [3.05, 3.63) is 29.8 Å². The van der Waals surface area contributed by atoms with E-state index in [4.69, 9.17) is 0 Å². The Bertz CT molecular complexity index is 302. The van der Waals surface area contributed by atoms with Gasteiger partial charge in [-0.25, -0.2) is 0 Å². The molecule has 0 aromatic heterocycles. The van der Waals surface area contributed by atoms with E-state index in [9.17, 15) is 0 Å². The molecule has 1 aromatic carbocycles. The molecular weight excluding hydrogens is 230 g/mol. The number of rotatable bonds is 11. The van der Waals surface area contributed by atoms with Gasteiger partial charge in [0.15, 0.2) is 0 Å². The molecule has 19 heavy (non-hydrogen) atoms. The first-order valence-corrected chi connectivity index (χ1v) is 8.19. The minimum absolute atomic E-state index is 1.11. The molecule has 1 N–H and O–H groups in total. The molecule has 1 rings (SSSR count). The molecule has 1 heteroatoms. The van der Waals surface area contributed by atoms with Crippen LogP contribution in [0, 0.1) is 0 Å². The van der Waals surface area contributed by atoms with Crippen LogP contribution in [0.2, 0.25) is 0 Å². The van der Waals surface area contributed by atoms with Crippen LogP contribution in [0.1, 0.15) is 70.8 Å². The van der Waals surface area contributed by atoms with Crippen molar-refractivity contribution in [1.29, 1.82) is 0 Å². The minimum Gasteiger partial charge on any atom is -0.385 e. The summed E-state index contributed by atoms with van der Waals surface area (Å²) < 4.78 is 0. The van der Waals surface area contributed by atoms with E-state index in [1.165, 1.54) is 62.6 Å². The molecule has 1 aromatic rings. The number of nitrogens with one attached hydrogen (secondary N) is 1. The van der Waals surface area contributed by atoms with Crippen molar-refractivity contribution in [3.63, 3.8) is 0 Å². The normalized spacial score (nSPS) is 10.6. The highest BCUT2D eigenvalue weighted by Crippen LogP contribution is 2.11. The lowest BCUT2D eigenvalue weighted by molar-refractivity contribution is 0.581. The van der Waals surface area contributed by atoms with E-state index in [2.05, 4.69) is 43.4 Å². The van der Waals surface area contributed by atoms with Crippen molar-refractivity contribution >= 4 is 5.69 Å². The molecule has 0 saturated heterocycles. The molecule has 0 bridgehead atoms. The molecule has 0 aliphatic rings. The molecule has 108 valence electrons. The Morgan fingerprint density at radius 1 is 0.737 bits per heavy atom. The van der Waals surface area contributed by atoms with E-state index < -0.39 is 0 Å². The summed E-state index contributed by atoms with van der Waals surface area (Å²) in [6.45, 7) is 5.59. The third kappa shape index (κ3) is 7.92. The van der Waals surface area contributed by atoms with Gasteiger partial charge in [-0.15, -0.1) is 0 Å². The van der Waals surface area contributed by atoms with Gasteiger partial charge in [-0.1, -0.05) is 70.9 Å². The van der Waals surface area contributed by atoms with E-state index >= 15 is 0 Å². The van der Waals surface area contributed by atoms with Crippen LogP contribution in [0.15, 0.2) is 24.3 Å². The van der Waals surface area contributed by atoms with E-state index in [-0.39, 0.29) is 0 Å². The number of aryl methyl sites for hydroxylation is 1. The van der Waals surface area contributed by atoms with Crippen molar-refractivity contribution in [2.24, 2.45) is 0 Å². The molecule has 0 unspecified atom stereocenters. The van der Waals surface area contributed by atoms with Crippen molar-refractivity contribution in [2.45, 2.75) is 71.6 Å². The maximum atomic E-state index is 3.51. The van der Waals surface area contributed by atoms with Crippen LogP contribution in [-0.4, -0.2) is 6.54 Å². The summed E-state index contributed by atoms with van der Waals surface area (Å²) in [7, 11) is 0. The quantitative estimate of drug-likeness (QED) is 0.496. The Labute approximate surface area is 119 Å². The standard InChI is InChI=1S/C18H31N/c1-3-5-6-7-8-9-10-11-16-19-18-14-12-17(4-2)13-15-18/h12-15,19H,3-11,16H2,1-2H3. The average molecular weight is 261 g/mol. The summed E-state index contributed by atoms with van der Waals surface area (Å²) in [5.74, 6) is 0. The number of anilines is 1. The summed E-state index contributed by atoms with van der Waals surface area (Å²) in [6.07, 6.45) is 12.2. The maximum absolute atomic E-state index is 3.51. The lowest BCUT2D eigenvalue weighted by Gasteiger charge is -2.07. The Morgan fingerprint density at radius 2 is 1.32 bits per heavy atom. The molecule has 0 aliphatic carbocycles. The van der Waals surface area contributed by atoms with Gasteiger partial charge in [-0.3, -0.25) is 0 Å². The molecule has 0 saturated carbocycles. The molecule has 0 fully saturated rings. The minimum atomic E-state index is 1.11. The van der Waals surface area contributed by atoms with Crippen LogP contribution < -0.4 is 5.32 Å². The van der Waals surface area contributed by atoms with Crippen molar-refractivity contribution < 1.29 is 0 Å². The highest BCUT2D eigenvalue weighted by Gasteiger charge is 1.94. The Balaban J connectivity index is 1.95. The van der Waals surface area contributed by atoms with E-state index in [1.54, 1.807) is 0 Å². The maximum Gasteiger partial charge on any atom is 0.0340 e. The van der Waals surface area contributed by atoms with Crippen molar-refractivity contribution in [1.82, 2.24) is 0 Å². The molecule has 0 radical (unpaired) electrons. The average Bonchev–Trinajstić information content (AvgIpc) is 2.46. The summed E-state index contributed by atoms with van der Waals surface area (Å²) in [5, 5.41) is 3.51. The van der Waals surface area contributed by atoms with Crippen LogP contribution in [0.25, 0.3) is 0 Å². The molecule has 1 nitrogen and oxygen atoms in total.